The molecule has 1 aliphatic carbocycles. The fourth-order valence-corrected chi connectivity index (χ4v) is 4.39. The third-order valence-corrected chi connectivity index (χ3v) is 6.26. The molecule has 182 valence electrons. The first kappa shape index (κ1) is 24.0. The summed E-state index contributed by atoms with van der Waals surface area (Å²) in [4.78, 5) is 31.5. The summed E-state index contributed by atoms with van der Waals surface area (Å²) in [6, 6.07) is 9.73. The predicted molar refractivity (Wildman–Crippen MR) is 118 cm³/mol. The highest BCUT2D eigenvalue weighted by Gasteiger charge is 2.37. The van der Waals surface area contributed by atoms with Crippen molar-refractivity contribution in [2.75, 3.05) is 19.6 Å². The molecule has 0 spiro atoms. The minimum atomic E-state index is -4.54. The molecular weight excluding hydrogens is 449 g/mol. The van der Waals surface area contributed by atoms with Gasteiger partial charge in [-0.05, 0) is 49.9 Å². The molecule has 0 radical (unpaired) electrons. The van der Waals surface area contributed by atoms with E-state index in [1.807, 2.05) is 23.1 Å². The summed E-state index contributed by atoms with van der Waals surface area (Å²) in [6.07, 6.45) is 0.257. The molecule has 0 unspecified atom stereocenters. The van der Waals surface area contributed by atoms with E-state index in [0.717, 1.165) is 37.8 Å². The van der Waals surface area contributed by atoms with Gasteiger partial charge in [0, 0.05) is 37.0 Å². The van der Waals surface area contributed by atoms with Crippen LogP contribution >= 0.6 is 0 Å². The van der Waals surface area contributed by atoms with E-state index in [2.05, 4.69) is 15.6 Å². The summed E-state index contributed by atoms with van der Waals surface area (Å²) >= 11 is 0. The number of benzene rings is 1. The van der Waals surface area contributed by atoms with Crippen molar-refractivity contribution in [3.63, 3.8) is 0 Å². The van der Waals surface area contributed by atoms with E-state index in [1.54, 1.807) is 6.20 Å². The van der Waals surface area contributed by atoms with Crippen LogP contribution in [0.1, 0.15) is 41.6 Å². The molecule has 2 fully saturated rings. The smallest absolute Gasteiger partial charge is 0.416 e. The lowest BCUT2D eigenvalue weighted by molar-refractivity contribution is -0.138. The van der Waals surface area contributed by atoms with Crippen LogP contribution < -0.4 is 15.4 Å². The van der Waals surface area contributed by atoms with Crippen LogP contribution in [-0.2, 0) is 11.0 Å². The number of amides is 2. The number of hydrogen-bond donors (Lipinski definition) is 2. The van der Waals surface area contributed by atoms with Crippen molar-refractivity contribution >= 4 is 11.8 Å². The number of carbonyl (C=O) groups excluding carboxylic acids is 2. The maximum atomic E-state index is 13.1. The Bertz CT molecular complexity index is 990. The number of nitrogens with zero attached hydrogens (tertiary/aromatic N) is 2. The monoisotopic (exact) mass is 476 g/mol. The van der Waals surface area contributed by atoms with E-state index in [1.165, 1.54) is 12.1 Å². The molecule has 1 aromatic carbocycles. The van der Waals surface area contributed by atoms with E-state index in [0.29, 0.717) is 19.0 Å². The van der Waals surface area contributed by atoms with Gasteiger partial charge in [-0.3, -0.25) is 9.59 Å². The third kappa shape index (κ3) is 5.85. The Morgan fingerprint density at radius 3 is 2.44 bits per heavy atom. The Morgan fingerprint density at radius 1 is 1.06 bits per heavy atom. The zero-order valence-electron chi connectivity index (χ0n) is 18.6. The molecule has 7 nitrogen and oxygen atoms in total. The molecule has 10 heteroatoms. The Morgan fingerprint density at radius 2 is 1.82 bits per heavy atom. The zero-order chi connectivity index (χ0) is 24.1. The van der Waals surface area contributed by atoms with Gasteiger partial charge in [-0.25, -0.2) is 4.98 Å². The summed E-state index contributed by atoms with van der Waals surface area (Å²) < 4.78 is 44.7. The van der Waals surface area contributed by atoms with Gasteiger partial charge < -0.3 is 20.3 Å². The van der Waals surface area contributed by atoms with Crippen LogP contribution in [-0.4, -0.2) is 59.5 Å². The SMILES string of the molecule is O=C(NCC(=O)N(C1CCC(Oc2ccccn2)CC1)C1CNC1)c1cccc(C(F)(F)F)c1. The number of hydrogen-bond acceptors (Lipinski definition) is 5. The van der Waals surface area contributed by atoms with Crippen molar-refractivity contribution < 1.29 is 27.5 Å². The van der Waals surface area contributed by atoms with Crippen molar-refractivity contribution in [3.8, 4) is 5.88 Å². The molecule has 2 aromatic rings. The maximum absolute atomic E-state index is 13.1. The van der Waals surface area contributed by atoms with Gasteiger partial charge >= 0.3 is 6.18 Å². The first-order valence-electron chi connectivity index (χ1n) is 11.4. The van der Waals surface area contributed by atoms with Gasteiger partial charge in [0.05, 0.1) is 18.2 Å². The zero-order valence-corrected chi connectivity index (χ0v) is 18.6. The number of aromatic nitrogens is 1. The largest absolute Gasteiger partial charge is 0.474 e. The minimum absolute atomic E-state index is 0.0219. The fraction of sp³-hybridized carbons (Fsp3) is 0.458. The molecule has 2 N–H and O–H groups in total. The van der Waals surface area contributed by atoms with E-state index in [-0.39, 0.29) is 36.2 Å². The van der Waals surface area contributed by atoms with Gasteiger partial charge in [0.15, 0.2) is 0 Å². The molecule has 2 amide bonds. The second kappa shape index (κ2) is 10.4. The Kier molecular flexibility index (Phi) is 7.35. The number of ether oxygens (including phenoxy) is 1. The van der Waals surface area contributed by atoms with E-state index in [9.17, 15) is 22.8 Å². The highest BCUT2D eigenvalue weighted by Crippen LogP contribution is 2.30. The lowest BCUT2D eigenvalue weighted by Crippen LogP contribution is -2.63. The van der Waals surface area contributed by atoms with Crippen molar-refractivity contribution in [1.82, 2.24) is 20.5 Å². The van der Waals surface area contributed by atoms with E-state index in [4.69, 9.17) is 4.74 Å². The number of nitrogens with one attached hydrogen (secondary N) is 2. The number of halogens is 3. The van der Waals surface area contributed by atoms with Crippen molar-refractivity contribution in [1.29, 1.82) is 0 Å². The van der Waals surface area contributed by atoms with Gasteiger partial charge in [-0.15, -0.1) is 0 Å². The van der Waals surface area contributed by atoms with Crippen LogP contribution in [0, 0.1) is 0 Å². The fourth-order valence-electron chi connectivity index (χ4n) is 4.39. The first-order chi connectivity index (χ1) is 16.3. The molecule has 1 saturated carbocycles. The number of rotatable bonds is 7. The maximum Gasteiger partial charge on any atom is 0.416 e. The minimum Gasteiger partial charge on any atom is -0.474 e. The van der Waals surface area contributed by atoms with Gasteiger partial charge in [-0.2, -0.15) is 13.2 Å². The van der Waals surface area contributed by atoms with Crippen LogP contribution in [0.4, 0.5) is 13.2 Å². The van der Waals surface area contributed by atoms with Crippen LogP contribution in [0.3, 0.4) is 0 Å². The van der Waals surface area contributed by atoms with Crippen molar-refractivity contribution in [2.24, 2.45) is 0 Å². The molecule has 34 heavy (non-hydrogen) atoms. The second-order valence-electron chi connectivity index (χ2n) is 8.59. The van der Waals surface area contributed by atoms with Crippen molar-refractivity contribution in [3.05, 3.63) is 59.8 Å². The molecule has 1 saturated heterocycles. The Hall–Kier alpha value is -3.14. The summed E-state index contributed by atoms with van der Waals surface area (Å²) in [5.74, 6) is -0.362. The highest BCUT2D eigenvalue weighted by molar-refractivity contribution is 5.96. The third-order valence-electron chi connectivity index (χ3n) is 6.26. The lowest BCUT2D eigenvalue weighted by Gasteiger charge is -2.45. The van der Waals surface area contributed by atoms with Crippen LogP contribution in [0.25, 0.3) is 0 Å². The van der Waals surface area contributed by atoms with Crippen LogP contribution in [0.5, 0.6) is 5.88 Å². The topological polar surface area (TPSA) is 83.6 Å². The van der Waals surface area contributed by atoms with Crippen LogP contribution in [0.2, 0.25) is 0 Å². The normalized spacial score (nSPS) is 20.8. The Balaban J connectivity index is 1.33. The van der Waals surface area contributed by atoms with Gasteiger partial charge in [0.25, 0.3) is 5.91 Å². The van der Waals surface area contributed by atoms with Gasteiger partial charge in [0.1, 0.15) is 6.10 Å². The summed E-state index contributed by atoms with van der Waals surface area (Å²) in [5.41, 5.74) is -1.04. The molecule has 1 aliphatic heterocycles. The number of carbonyl (C=O) groups is 2. The number of pyridine rings is 1. The van der Waals surface area contributed by atoms with Crippen molar-refractivity contribution in [2.45, 2.75) is 50.0 Å². The lowest BCUT2D eigenvalue weighted by atomic mass is 9.90. The molecule has 1 aromatic heterocycles. The molecule has 2 heterocycles. The summed E-state index contributed by atoms with van der Waals surface area (Å²) in [7, 11) is 0. The Labute approximate surface area is 195 Å². The summed E-state index contributed by atoms with van der Waals surface area (Å²) in [6.45, 7) is 1.09. The molecule has 2 aliphatic rings. The average molecular weight is 476 g/mol. The van der Waals surface area contributed by atoms with Gasteiger partial charge in [-0.1, -0.05) is 12.1 Å². The average Bonchev–Trinajstić information content (AvgIpc) is 2.80. The molecule has 0 atom stereocenters. The quantitative estimate of drug-likeness (QED) is 0.642. The van der Waals surface area contributed by atoms with E-state index < -0.39 is 17.6 Å². The van der Waals surface area contributed by atoms with E-state index >= 15 is 0 Å². The second-order valence-corrected chi connectivity index (χ2v) is 8.59. The predicted octanol–water partition coefficient (Wildman–Crippen LogP) is 3.02. The first-order valence-corrected chi connectivity index (χ1v) is 11.4. The van der Waals surface area contributed by atoms with Crippen LogP contribution in [0.15, 0.2) is 48.7 Å². The summed E-state index contributed by atoms with van der Waals surface area (Å²) in [5, 5.41) is 5.66. The molecule has 0 bridgehead atoms. The number of alkyl halides is 3. The van der Waals surface area contributed by atoms with Gasteiger partial charge in [0.2, 0.25) is 11.8 Å². The highest BCUT2D eigenvalue weighted by atomic mass is 19.4. The molecule has 4 rings (SSSR count). The standard InChI is InChI=1S/C24H27F3N4O3/c25-24(26,27)17-5-3-4-16(12-17)23(33)30-15-22(32)31(19-13-28-14-19)18-7-9-20(10-8-18)34-21-6-1-2-11-29-21/h1-6,11-12,18-20,28H,7-10,13-15H2,(H,30,33). The molecular formula is C24H27F3N4O3.